The third kappa shape index (κ3) is 1.55. The number of nitro groups is 1. The molecule has 0 spiro atoms. The Labute approximate surface area is 70.7 Å². The SMILES string of the molecule is [B]c1ccc([N+](=O)[O-])cc1OC. The molecule has 0 aromatic heterocycles. The summed E-state index contributed by atoms with van der Waals surface area (Å²) in [5.74, 6) is 0.323. The fraction of sp³-hybridized carbons (Fsp3) is 0.143. The van der Waals surface area contributed by atoms with Crippen molar-refractivity contribution in [1.82, 2.24) is 0 Å². The average molecular weight is 163 g/mol. The highest BCUT2D eigenvalue weighted by Gasteiger charge is 2.07. The van der Waals surface area contributed by atoms with Crippen LogP contribution in [0.4, 0.5) is 5.69 Å². The molecule has 0 N–H and O–H groups in total. The molecule has 1 rings (SSSR count). The van der Waals surface area contributed by atoms with Crippen molar-refractivity contribution in [2.24, 2.45) is 0 Å². The maximum Gasteiger partial charge on any atom is 0.273 e. The van der Waals surface area contributed by atoms with E-state index < -0.39 is 4.92 Å². The molecule has 0 aliphatic rings. The summed E-state index contributed by atoms with van der Waals surface area (Å²) in [4.78, 5) is 9.79. The van der Waals surface area contributed by atoms with Crippen molar-refractivity contribution in [2.45, 2.75) is 0 Å². The summed E-state index contributed by atoms with van der Waals surface area (Å²) in [7, 11) is 6.86. The van der Waals surface area contributed by atoms with Crippen LogP contribution >= 0.6 is 0 Å². The number of methoxy groups -OCH3 is 1. The van der Waals surface area contributed by atoms with Gasteiger partial charge in [-0.3, -0.25) is 10.1 Å². The van der Waals surface area contributed by atoms with Crippen LogP contribution in [0.5, 0.6) is 5.75 Å². The van der Waals surface area contributed by atoms with Gasteiger partial charge >= 0.3 is 0 Å². The van der Waals surface area contributed by atoms with Crippen molar-refractivity contribution in [3.8, 4) is 5.75 Å². The van der Waals surface area contributed by atoms with E-state index in [1.165, 1.54) is 25.3 Å². The van der Waals surface area contributed by atoms with Gasteiger partial charge < -0.3 is 4.74 Å². The molecule has 0 aliphatic carbocycles. The first-order valence-electron chi connectivity index (χ1n) is 3.23. The molecular formula is C7H6BNO3. The normalized spacial score (nSPS) is 9.42. The van der Waals surface area contributed by atoms with E-state index in [9.17, 15) is 10.1 Å². The Bertz CT molecular complexity index is 314. The number of rotatable bonds is 2. The third-order valence-electron chi connectivity index (χ3n) is 1.43. The van der Waals surface area contributed by atoms with Gasteiger partial charge in [-0.2, -0.15) is 0 Å². The van der Waals surface area contributed by atoms with Crippen LogP contribution in [0, 0.1) is 10.1 Å². The fourth-order valence-corrected chi connectivity index (χ4v) is 0.813. The van der Waals surface area contributed by atoms with Crippen molar-refractivity contribution in [2.75, 3.05) is 7.11 Å². The minimum Gasteiger partial charge on any atom is -0.497 e. The van der Waals surface area contributed by atoms with Crippen LogP contribution in [-0.2, 0) is 0 Å². The number of ether oxygens (including phenoxy) is 1. The molecule has 0 atom stereocenters. The van der Waals surface area contributed by atoms with Gasteiger partial charge in [-0.25, -0.2) is 0 Å². The first kappa shape index (κ1) is 8.58. The Balaban J connectivity index is 3.13. The molecule has 0 saturated heterocycles. The molecule has 0 bridgehead atoms. The second-order valence-electron chi connectivity index (χ2n) is 2.18. The van der Waals surface area contributed by atoms with Crippen LogP contribution in [0.1, 0.15) is 0 Å². The first-order valence-corrected chi connectivity index (χ1v) is 3.23. The zero-order valence-electron chi connectivity index (χ0n) is 6.48. The summed E-state index contributed by atoms with van der Waals surface area (Å²) < 4.78 is 4.81. The van der Waals surface area contributed by atoms with Gasteiger partial charge in [0, 0.05) is 6.07 Å². The lowest BCUT2D eigenvalue weighted by molar-refractivity contribution is -0.384. The summed E-state index contributed by atoms with van der Waals surface area (Å²) in [6.07, 6.45) is 0. The van der Waals surface area contributed by atoms with Crippen LogP contribution in [0.2, 0.25) is 0 Å². The Kier molecular flexibility index (Phi) is 2.33. The molecule has 4 nitrogen and oxygen atoms in total. The first-order chi connectivity index (χ1) is 5.65. The molecule has 12 heavy (non-hydrogen) atoms. The second-order valence-corrected chi connectivity index (χ2v) is 2.18. The number of hydrogen-bond acceptors (Lipinski definition) is 3. The van der Waals surface area contributed by atoms with E-state index in [0.717, 1.165) is 0 Å². The monoisotopic (exact) mass is 163 g/mol. The molecule has 0 fully saturated rings. The highest BCUT2D eigenvalue weighted by molar-refractivity contribution is 6.34. The lowest BCUT2D eigenvalue weighted by Gasteiger charge is -2.02. The van der Waals surface area contributed by atoms with Crippen molar-refractivity contribution < 1.29 is 9.66 Å². The van der Waals surface area contributed by atoms with Crippen molar-refractivity contribution in [3.05, 3.63) is 28.3 Å². The minimum atomic E-state index is -0.498. The average Bonchev–Trinajstić information content (AvgIpc) is 2.05. The predicted octanol–water partition coefficient (Wildman–Crippen LogP) is 0.397. The number of nitro benzene ring substituents is 1. The molecule has 60 valence electrons. The van der Waals surface area contributed by atoms with E-state index in [1.807, 2.05) is 0 Å². The molecule has 0 saturated carbocycles. The summed E-state index contributed by atoms with van der Waals surface area (Å²) in [5, 5.41) is 10.3. The van der Waals surface area contributed by atoms with E-state index >= 15 is 0 Å². The smallest absolute Gasteiger partial charge is 0.273 e. The fourth-order valence-electron chi connectivity index (χ4n) is 0.813. The van der Waals surface area contributed by atoms with Gasteiger partial charge in [0.05, 0.1) is 18.1 Å². The molecule has 0 aliphatic heterocycles. The number of benzene rings is 1. The van der Waals surface area contributed by atoms with Crippen molar-refractivity contribution in [1.29, 1.82) is 0 Å². The van der Waals surface area contributed by atoms with Gasteiger partial charge in [-0.1, -0.05) is 11.5 Å². The summed E-state index contributed by atoms with van der Waals surface area (Å²) in [5.41, 5.74) is 0.365. The number of nitrogens with zero attached hydrogens (tertiary/aromatic N) is 1. The van der Waals surface area contributed by atoms with Crippen molar-refractivity contribution >= 4 is 19.0 Å². The van der Waals surface area contributed by atoms with Gasteiger partial charge in [0.15, 0.2) is 0 Å². The zero-order valence-corrected chi connectivity index (χ0v) is 6.48. The standard InChI is InChI=1S/C7H6BNO3/c1-12-7-4-5(9(10)11)2-3-6(7)8/h2-4H,1H3. The molecule has 0 amide bonds. The Morgan fingerprint density at radius 1 is 1.58 bits per heavy atom. The van der Waals surface area contributed by atoms with E-state index in [2.05, 4.69) is 0 Å². The highest BCUT2D eigenvalue weighted by Crippen LogP contribution is 2.15. The summed E-state index contributed by atoms with van der Waals surface area (Å²) in [6.45, 7) is 0. The third-order valence-corrected chi connectivity index (χ3v) is 1.43. The van der Waals surface area contributed by atoms with Gasteiger partial charge in [0.25, 0.3) is 5.69 Å². The summed E-state index contributed by atoms with van der Waals surface area (Å²) >= 11 is 0. The Hall–Kier alpha value is -1.52. The Morgan fingerprint density at radius 3 is 2.75 bits per heavy atom. The molecular weight excluding hydrogens is 157 g/mol. The van der Waals surface area contributed by atoms with E-state index in [0.29, 0.717) is 11.2 Å². The molecule has 1 aromatic rings. The van der Waals surface area contributed by atoms with Crippen molar-refractivity contribution in [3.63, 3.8) is 0 Å². The zero-order chi connectivity index (χ0) is 9.14. The largest absolute Gasteiger partial charge is 0.497 e. The van der Waals surface area contributed by atoms with Crippen LogP contribution in [0.25, 0.3) is 0 Å². The molecule has 2 radical (unpaired) electrons. The number of non-ortho nitro benzene ring substituents is 1. The molecule has 1 aromatic carbocycles. The second kappa shape index (κ2) is 3.25. The molecule has 0 heterocycles. The highest BCUT2D eigenvalue weighted by atomic mass is 16.6. The van der Waals surface area contributed by atoms with E-state index in [1.54, 1.807) is 0 Å². The predicted molar refractivity (Wildman–Crippen MR) is 45.0 cm³/mol. The van der Waals surface area contributed by atoms with Crippen LogP contribution < -0.4 is 10.2 Å². The minimum absolute atomic E-state index is 0.0268. The van der Waals surface area contributed by atoms with Crippen LogP contribution in [0.15, 0.2) is 18.2 Å². The maximum atomic E-state index is 10.3. The van der Waals surface area contributed by atoms with Gasteiger partial charge in [0.2, 0.25) is 0 Å². The maximum absolute atomic E-state index is 10.3. The van der Waals surface area contributed by atoms with Gasteiger partial charge in [-0.05, 0) is 0 Å². The van der Waals surface area contributed by atoms with Crippen LogP contribution in [-0.4, -0.2) is 19.9 Å². The van der Waals surface area contributed by atoms with Gasteiger partial charge in [-0.15, -0.1) is 0 Å². The van der Waals surface area contributed by atoms with E-state index in [-0.39, 0.29) is 5.69 Å². The number of hydrogen-bond donors (Lipinski definition) is 0. The lowest BCUT2D eigenvalue weighted by atomic mass is 9.95. The molecule has 5 heteroatoms. The quantitative estimate of drug-likeness (QED) is 0.360. The Morgan fingerprint density at radius 2 is 2.25 bits per heavy atom. The lowest BCUT2D eigenvalue weighted by Crippen LogP contribution is -2.07. The van der Waals surface area contributed by atoms with E-state index in [4.69, 9.17) is 12.6 Å². The van der Waals surface area contributed by atoms with Crippen LogP contribution in [0.3, 0.4) is 0 Å². The summed E-state index contributed by atoms with van der Waals surface area (Å²) in [6, 6.07) is 4.06. The van der Waals surface area contributed by atoms with Gasteiger partial charge in [0.1, 0.15) is 13.6 Å². The molecule has 0 unspecified atom stereocenters. The topological polar surface area (TPSA) is 52.4 Å².